The second-order valence-corrected chi connectivity index (χ2v) is 7.62. The number of nitrogens with zero attached hydrogens (tertiary/aromatic N) is 1. The van der Waals surface area contributed by atoms with E-state index in [1.165, 1.54) is 12.8 Å². The van der Waals surface area contributed by atoms with Gasteiger partial charge < -0.3 is 14.4 Å². The number of halogens is 1. The van der Waals surface area contributed by atoms with E-state index in [-0.39, 0.29) is 12.2 Å². The molecule has 1 heterocycles. The summed E-state index contributed by atoms with van der Waals surface area (Å²) in [7, 11) is 0. The topological polar surface area (TPSA) is 38.8 Å². The molecule has 0 spiro atoms. The van der Waals surface area contributed by atoms with Gasteiger partial charge >= 0.3 is 6.09 Å². The molecule has 1 saturated heterocycles. The minimum Gasteiger partial charge on any atom is -0.444 e. The fourth-order valence-electron chi connectivity index (χ4n) is 1.95. The Bertz CT molecular complexity index is 291. The van der Waals surface area contributed by atoms with Gasteiger partial charge in [0.1, 0.15) is 5.60 Å². The van der Waals surface area contributed by atoms with Crippen molar-refractivity contribution in [2.45, 2.75) is 62.6 Å². The van der Waals surface area contributed by atoms with Gasteiger partial charge in [-0.1, -0.05) is 42.4 Å². The van der Waals surface area contributed by atoms with Gasteiger partial charge in [0, 0.05) is 13.2 Å². The molecule has 2 unspecified atom stereocenters. The maximum absolute atomic E-state index is 12.0. The average molecular weight is 383 g/mol. The number of hydrogen-bond donors (Lipinski definition) is 0. The van der Waals surface area contributed by atoms with Crippen LogP contribution in [0.2, 0.25) is 0 Å². The quantitative estimate of drug-likeness (QED) is 0.414. The first-order valence-corrected chi connectivity index (χ1v) is 8.31. The van der Waals surface area contributed by atoms with E-state index in [1.54, 1.807) is 4.90 Å². The van der Waals surface area contributed by atoms with Crippen molar-refractivity contribution in [1.29, 1.82) is 0 Å². The molecule has 4 nitrogen and oxygen atoms in total. The van der Waals surface area contributed by atoms with E-state index in [2.05, 4.69) is 29.5 Å². The van der Waals surface area contributed by atoms with Crippen molar-refractivity contribution in [3.05, 3.63) is 0 Å². The number of carbonyl (C=O) groups excluding carboxylic acids is 1. The normalized spacial score (nSPS) is 23.7. The smallest absolute Gasteiger partial charge is 0.410 e. The molecule has 0 N–H and O–H groups in total. The first kappa shape index (κ1) is 17.0. The fraction of sp³-hybridized carbons (Fsp3) is 0.929. The van der Waals surface area contributed by atoms with E-state index in [0.29, 0.717) is 17.0 Å². The predicted octanol–water partition coefficient (Wildman–Crippen LogP) is 3.62. The lowest BCUT2D eigenvalue weighted by molar-refractivity contribution is 0.0210. The van der Waals surface area contributed by atoms with Crippen LogP contribution in [0, 0.1) is 0 Å². The summed E-state index contributed by atoms with van der Waals surface area (Å²) in [6, 6.07) is 0. The van der Waals surface area contributed by atoms with Gasteiger partial charge in [0.15, 0.2) is 0 Å². The molecule has 1 aliphatic heterocycles. The van der Waals surface area contributed by atoms with E-state index in [1.807, 2.05) is 20.8 Å². The highest BCUT2D eigenvalue weighted by atomic mass is 127. The van der Waals surface area contributed by atoms with Crippen molar-refractivity contribution < 1.29 is 14.3 Å². The summed E-state index contributed by atoms with van der Waals surface area (Å²) in [4.78, 5) is 13.7. The monoisotopic (exact) mass is 383 g/mol. The summed E-state index contributed by atoms with van der Waals surface area (Å²) in [5, 5.41) is 0. The van der Waals surface area contributed by atoms with Crippen LogP contribution in [-0.2, 0) is 9.47 Å². The fourth-order valence-corrected chi connectivity index (χ4v) is 2.86. The zero-order valence-corrected chi connectivity index (χ0v) is 14.6. The van der Waals surface area contributed by atoms with Gasteiger partial charge in [0.05, 0.1) is 16.6 Å². The molecule has 19 heavy (non-hydrogen) atoms. The summed E-state index contributed by atoms with van der Waals surface area (Å²) in [6.07, 6.45) is 3.42. The van der Waals surface area contributed by atoms with Crippen LogP contribution in [0.1, 0.15) is 47.0 Å². The maximum atomic E-state index is 12.0. The number of alkyl halides is 1. The Morgan fingerprint density at radius 1 is 1.32 bits per heavy atom. The zero-order chi connectivity index (χ0) is 14.5. The van der Waals surface area contributed by atoms with Crippen molar-refractivity contribution in [3.8, 4) is 0 Å². The van der Waals surface area contributed by atoms with Crippen molar-refractivity contribution >= 4 is 28.7 Å². The molecular weight excluding hydrogens is 357 g/mol. The Labute approximate surface area is 130 Å². The Morgan fingerprint density at radius 2 is 2.00 bits per heavy atom. The van der Waals surface area contributed by atoms with Gasteiger partial charge in [-0.3, -0.25) is 0 Å². The standard InChI is InChI=1S/C14H26INO3/c1-5-6-7-8-18-12-10-16(9-11(12)15)13(17)19-14(2,3)4/h11-12H,5-10H2,1-4H3. The zero-order valence-electron chi connectivity index (χ0n) is 12.4. The molecule has 0 saturated carbocycles. The van der Waals surface area contributed by atoms with Crippen LogP contribution in [0.15, 0.2) is 0 Å². The molecule has 112 valence electrons. The van der Waals surface area contributed by atoms with Gasteiger partial charge in [0.25, 0.3) is 0 Å². The van der Waals surface area contributed by atoms with E-state index < -0.39 is 5.60 Å². The van der Waals surface area contributed by atoms with E-state index in [0.717, 1.165) is 13.0 Å². The van der Waals surface area contributed by atoms with Crippen LogP contribution in [0.4, 0.5) is 4.79 Å². The minimum atomic E-state index is -0.433. The van der Waals surface area contributed by atoms with Crippen molar-refractivity contribution in [2.75, 3.05) is 19.7 Å². The first-order valence-electron chi connectivity index (χ1n) is 7.07. The van der Waals surface area contributed by atoms with Crippen LogP contribution >= 0.6 is 22.6 Å². The largest absolute Gasteiger partial charge is 0.444 e. The highest BCUT2D eigenvalue weighted by Crippen LogP contribution is 2.23. The molecule has 2 atom stereocenters. The lowest BCUT2D eigenvalue weighted by atomic mass is 10.2. The minimum absolute atomic E-state index is 0.143. The van der Waals surface area contributed by atoms with Crippen LogP contribution in [-0.4, -0.2) is 46.3 Å². The molecule has 5 heteroatoms. The molecule has 0 radical (unpaired) electrons. The van der Waals surface area contributed by atoms with Crippen molar-refractivity contribution in [2.24, 2.45) is 0 Å². The molecule has 0 bridgehead atoms. The van der Waals surface area contributed by atoms with E-state index in [4.69, 9.17) is 9.47 Å². The molecule has 0 aromatic carbocycles. The summed E-state index contributed by atoms with van der Waals surface area (Å²) in [6.45, 7) is 10.0. The molecule has 1 aliphatic rings. The van der Waals surface area contributed by atoms with Gasteiger partial charge in [-0.2, -0.15) is 0 Å². The number of hydrogen-bond acceptors (Lipinski definition) is 3. The molecule has 0 aromatic rings. The number of rotatable bonds is 5. The third-order valence-corrected chi connectivity index (χ3v) is 4.13. The van der Waals surface area contributed by atoms with Crippen molar-refractivity contribution in [3.63, 3.8) is 0 Å². The summed E-state index contributed by atoms with van der Waals surface area (Å²) >= 11 is 2.37. The first-order chi connectivity index (χ1) is 8.83. The highest BCUT2D eigenvalue weighted by Gasteiger charge is 2.36. The van der Waals surface area contributed by atoms with Crippen LogP contribution in [0.5, 0.6) is 0 Å². The highest BCUT2D eigenvalue weighted by molar-refractivity contribution is 14.1. The molecule has 1 rings (SSSR count). The van der Waals surface area contributed by atoms with Gasteiger partial charge in [0.2, 0.25) is 0 Å². The van der Waals surface area contributed by atoms with Crippen LogP contribution in [0.3, 0.4) is 0 Å². The second kappa shape index (κ2) is 7.67. The predicted molar refractivity (Wildman–Crippen MR) is 84.9 cm³/mol. The summed E-state index contributed by atoms with van der Waals surface area (Å²) in [5.41, 5.74) is -0.433. The SMILES string of the molecule is CCCCCOC1CN(C(=O)OC(C)(C)C)CC1I. The molecule has 1 amide bonds. The molecule has 0 aliphatic carbocycles. The summed E-state index contributed by atoms with van der Waals surface area (Å²) < 4.78 is 11.6. The number of amides is 1. The second-order valence-electron chi connectivity index (χ2n) is 6.02. The van der Waals surface area contributed by atoms with Crippen molar-refractivity contribution in [1.82, 2.24) is 4.90 Å². The van der Waals surface area contributed by atoms with E-state index >= 15 is 0 Å². The number of likely N-dealkylation sites (tertiary alicyclic amines) is 1. The van der Waals surface area contributed by atoms with Gasteiger partial charge in [-0.25, -0.2) is 4.79 Å². The Kier molecular flexibility index (Phi) is 6.86. The van der Waals surface area contributed by atoms with E-state index in [9.17, 15) is 4.79 Å². The number of carbonyl (C=O) groups is 1. The molecule has 1 fully saturated rings. The lowest BCUT2D eigenvalue weighted by Crippen LogP contribution is -2.36. The Morgan fingerprint density at radius 3 is 2.58 bits per heavy atom. The summed E-state index contributed by atoms with van der Waals surface area (Å²) in [5.74, 6) is 0. The van der Waals surface area contributed by atoms with Gasteiger partial charge in [-0.15, -0.1) is 0 Å². The third kappa shape index (κ3) is 6.29. The molecular formula is C14H26INO3. The Balaban J connectivity index is 2.35. The number of ether oxygens (including phenoxy) is 2. The third-order valence-electron chi connectivity index (χ3n) is 2.93. The maximum Gasteiger partial charge on any atom is 0.410 e. The Hall–Kier alpha value is -0.0400. The molecule has 0 aromatic heterocycles. The lowest BCUT2D eigenvalue weighted by Gasteiger charge is -2.24. The average Bonchev–Trinajstić information content (AvgIpc) is 2.64. The number of unbranched alkanes of at least 4 members (excludes halogenated alkanes) is 2. The van der Waals surface area contributed by atoms with Gasteiger partial charge in [-0.05, 0) is 27.2 Å². The van der Waals surface area contributed by atoms with Crippen LogP contribution < -0.4 is 0 Å². The van der Waals surface area contributed by atoms with Crippen LogP contribution in [0.25, 0.3) is 0 Å².